The number of rotatable bonds is 2. The van der Waals surface area contributed by atoms with E-state index < -0.39 is 0 Å². The van der Waals surface area contributed by atoms with Crippen molar-refractivity contribution < 1.29 is 8.83 Å². The van der Waals surface area contributed by atoms with Crippen LogP contribution < -0.4 is 0 Å². The molecule has 1 aliphatic rings. The Bertz CT molecular complexity index is 3190. The third-order valence-electron chi connectivity index (χ3n) is 10.1. The second-order valence-electron chi connectivity index (χ2n) is 12.5. The van der Waals surface area contributed by atoms with Crippen LogP contribution in [0.25, 0.3) is 116 Å². The molecule has 47 heavy (non-hydrogen) atoms. The molecule has 0 amide bonds. The molecule has 12 rings (SSSR count). The second-order valence-corrected chi connectivity index (χ2v) is 12.5. The minimum absolute atomic E-state index is 0.519. The van der Waals surface area contributed by atoms with Crippen molar-refractivity contribution in [1.82, 2.24) is 14.5 Å². The van der Waals surface area contributed by atoms with E-state index >= 15 is 0 Å². The Labute approximate surface area is 265 Å². The Hall–Kier alpha value is -6.46. The molecule has 11 aromatic rings. The fourth-order valence-electron chi connectivity index (χ4n) is 8.23. The van der Waals surface area contributed by atoms with Gasteiger partial charge in [0.05, 0.1) is 11.0 Å². The van der Waals surface area contributed by atoms with Gasteiger partial charge in [-0.1, -0.05) is 91.0 Å². The first-order chi connectivity index (χ1) is 23.3. The molecule has 7 aromatic carbocycles. The molecule has 0 atom stereocenters. The number of fused-ring (bicyclic) bond motifs is 5. The standard InChI is InChI=1S/C42H21N3O2/c1-2-11-24-22(8-1)9-5-15-27(24)39-41(44-42-40(43-39)28-12-3-4-16-31(28)47-42)45-29-19-18-23-10-6-13-25-26-14-7-17-32-35(26)38-33(46-32)21-20-30(45)37(38)36(29)34(23)25/h1-21H. The fourth-order valence-corrected chi connectivity index (χ4v) is 8.23. The molecule has 4 aromatic heterocycles. The number of hydrogen-bond donors (Lipinski definition) is 0. The lowest BCUT2D eigenvalue weighted by Crippen LogP contribution is -2.03. The van der Waals surface area contributed by atoms with Gasteiger partial charge in [-0.3, -0.25) is 4.57 Å². The third-order valence-corrected chi connectivity index (χ3v) is 10.1. The first-order valence-corrected chi connectivity index (χ1v) is 15.8. The van der Waals surface area contributed by atoms with Gasteiger partial charge in [-0.2, -0.15) is 4.98 Å². The predicted molar refractivity (Wildman–Crippen MR) is 190 cm³/mol. The Morgan fingerprint density at radius 3 is 2.00 bits per heavy atom. The Morgan fingerprint density at radius 1 is 0.426 bits per heavy atom. The summed E-state index contributed by atoms with van der Waals surface area (Å²) in [6, 6.07) is 44.7. The van der Waals surface area contributed by atoms with Gasteiger partial charge in [0, 0.05) is 32.5 Å². The van der Waals surface area contributed by atoms with Gasteiger partial charge in [0.2, 0.25) is 5.71 Å². The van der Waals surface area contributed by atoms with Crippen LogP contribution in [0.4, 0.5) is 0 Å². The molecule has 216 valence electrons. The summed E-state index contributed by atoms with van der Waals surface area (Å²) < 4.78 is 15.2. The smallest absolute Gasteiger partial charge is 0.248 e. The maximum absolute atomic E-state index is 6.51. The molecular formula is C42H21N3O2. The monoisotopic (exact) mass is 599 g/mol. The molecule has 5 heteroatoms. The van der Waals surface area contributed by atoms with Crippen molar-refractivity contribution in [2.45, 2.75) is 0 Å². The molecule has 0 N–H and O–H groups in total. The second kappa shape index (κ2) is 8.22. The van der Waals surface area contributed by atoms with Gasteiger partial charge in [-0.25, -0.2) is 4.98 Å². The molecule has 5 nitrogen and oxygen atoms in total. The summed E-state index contributed by atoms with van der Waals surface area (Å²) in [6.07, 6.45) is 0. The van der Waals surface area contributed by atoms with Gasteiger partial charge in [0.1, 0.15) is 28.0 Å². The number of para-hydroxylation sites is 1. The van der Waals surface area contributed by atoms with Crippen molar-refractivity contribution in [3.8, 4) is 28.2 Å². The topological polar surface area (TPSA) is 57.0 Å². The van der Waals surface area contributed by atoms with Crippen LogP contribution in [0.3, 0.4) is 0 Å². The number of aromatic nitrogens is 3. The average molecular weight is 600 g/mol. The minimum Gasteiger partial charge on any atom is -0.456 e. The van der Waals surface area contributed by atoms with Gasteiger partial charge in [0.15, 0.2) is 5.82 Å². The first-order valence-electron chi connectivity index (χ1n) is 15.8. The van der Waals surface area contributed by atoms with Crippen LogP contribution in [0.2, 0.25) is 0 Å². The molecule has 0 unspecified atom stereocenters. The third kappa shape index (κ3) is 2.86. The molecular weight excluding hydrogens is 578 g/mol. The van der Waals surface area contributed by atoms with Crippen LogP contribution in [0.1, 0.15) is 0 Å². The fraction of sp³-hybridized carbons (Fsp3) is 0. The Kier molecular flexibility index (Phi) is 4.17. The first kappa shape index (κ1) is 23.9. The number of furan rings is 2. The van der Waals surface area contributed by atoms with Gasteiger partial charge < -0.3 is 8.83 Å². The van der Waals surface area contributed by atoms with E-state index in [0.717, 1.165) is 77.3 Å². The zero-order chi connectivity index (χ0) is 30.4. The lowest BCUT2D eigenvalue weighted by atomic mass is 9.95. The summed E-state index contributed by atoms with van der Waals surface area (Å²) in [5, 5.41) is 10.4. The van der Waals surface area contributed by atoms with Crippen LogP contribution in [-0.4, -0.2) is 14.5 Å². The normalized spacial score (nSPS) is 12.7. The van der Waals surface area contributed by atoms with Crippen molar-refractivity contribution in [3.05, 3.63) is 127 Å². The van der Waals surface area contributed by atoms with E-state index in [1.54, 1.807) is 0 Å². The summed E-state index contributed by atoms with van der Waals surface area (Å²) in [5.41, 5.74) is 10.2. The molecule has 0 saturated carbocycles. The summed E-state index contributed by atoms with van der Waals surface area (Å²) in [6.45, 7) is 0. The Morgan fingerprint density at radius 2 is 1.09 bits per heavy atom. The lowest BCUT2D eigenvalue weighted by Gasteiger charge is -2.14. The zero-order valence-electron chi connectivity index (χ0n) is 24.8. The molecule has 1 aliphatic carbocycles. The van der Waals surface area contributed by atoms with E-state index in [9.17, 15) is 0 Å². The molecule has 0 fully saturated rings. The van der Waals surface area contributed by atoms with Crippen molar-refractivity contribution in [2.24, 2.45) is 0 Å². The average Bonchev–Trinajstić information content (AvgIpc) is 3.76. The van der Waals surface area contributed by atoms with Gasteiger partial charge in [0.25, 0.3) is 0 Å². The predicted octanol–water partition coefficient (Wildman–Crippen LogP) is 11.3. The molecule has 0 saturated heterocycles. The lowest BCUT2D eigenvalue weighted by molar-refractivity contribution is 0.652. The maximum Gasteiger partial charge on any atom is 0.248 e. The number of nitrogens with zero attached hydrogens (tertiary/aromatic N) is 3. The van der Waals surface area contributed by atoms with Crippen molar-refractivity contribution in [2.75, 3.05) is 0 Å². The molecule has 4 heterocycles. The summed E-state index contributed by atoms with van der Waals surface area (Å²) in [5.74, 6) is 0.734. The highest BCUT2D eigenvalue weighted by Crippen LogP contribution is 2.51. The van der Waals surface area contributed by atoms with E-state index in [1.165, 1.54) is 32.7 Å². The van der Waals surface area contributed by atoms with Crippen molar-refractivity contribution in [3.63, 3.8) is 0 Å². The Balaban J connectivity index is 1.34. The number of hydrogen-bond acceptors (Lipinski definition) is 4. The largest absolute Gasteiger partial charge is 0.456 e. The minimum atomic E-state index is 0.519. The van der Waals surface area contributed by atoms with E-state index in [1.807, 2.05) is 18.2 Å². The maximum atomic E-state index is 6.51. The highest BCUT2D eigenvalue weighted by Gasteiger charge is 2.28. The van der Waals surface area contributed by atoms with Crippen LogP contribution in [0.15, 0.2) is 136 Å². The van der Waals surface area contributed by atoms with Crippen molar-refractivity contribution >= 4 is 87.5 Å². The SMILES string of the molecule is c1ccc2c(-c3nc4c(nc3-n3c5ccc6cccc7c6c5c5c6c(ccc53)oc3cccc-7c36)oc3ccccc34)cccc2c1. The molecule has 0 radical (unpaired) electrons. The summed E-state index contributed by atoms with van der Waals surface area (Å²) in [7, 11) is 0. The highest BCUT2D eigenvalue weighted by atomic mass is 16.3. The zero-order valence-corrected chi connectivity index (χ0v) is 24.8. The van der Waals surface area contributed by atoms with E-state index in [0.29, 0.717) is 5.71 Å². The van der Waals surface area contributed by atoms with E-state index in [4.69, 9.17) is 18.8 Å². The van der Waals surface area contributed by atoms with E-state index in [-0.39, 0.29) is 0 Å². The van der Waals surface area contributed by atoms with Gasteiger partial charge in [-0.15, -0.1) is 0 Å². The highest BCUT2D eigenvalue weighted by molar-refractivity contribution is 6.38. The number of benzene rings is 7. The summed E-state index contributed by atoms with van der Waals surface area (Å²) >= 11 is 0. The molecule has 0 aliphatic heterocycles. The van der Waals surface area contributed by atoms with Crippen molar-refractivity contribution in [1.29, 1.82) is 0 Å². The molecule has 0 spiro atoms. The summed E-state index contributed by atoms with van der Waals surface area (Å²) in [4.78, 5) is 10.8. The molecule has 0 bridgehead atoms. The van der Waals surface area contributed by atoms with Crippen LogP contribution in [-0.2, 0) is 0 Å². The van der Waals surface area contributed by atoms with Crippen LogP contribution >= 0.6 is 0 Å². The van der Waals surface area contributed by atoms with Crippen LogP contribution in [0.5, 0.6) is 0 Å². The van der Waals surface area contributed by atoms with Gasteiger partial charge >= 0.3 is 0 Å². The van der Waals surface area contributed by atoms with Gasteiger partial charge in [-0.05, 0) is 69.1 Å². The van der Waals surface area contributed by atoms with Crippen LogP contribution in [0, 0.1) is 0 Å². The van der Waals surface area contributed by atoms with E-state index in [2.05, 4.69) is 114 Å². The quantitative estimate of drug-likeness (QED) is 0.198.